The average molecular weight is 290 g/mol. The standard InChI is InChI=1S/C17H26N2O2/c1-4-12(5-2)10-19-13(6-3)9-18-14-7-16-17(8-15(14)19)21-11-20-16/h7-8,12-13,18H,4-6,9-11H2,1-3H3. The van der Waals surface area contributed by atoms with Crippen LogP contribution in [0.2, 0.25) is 0 Å². The molecule has 4 heteroatoms. The van der Waals surface area contributed by atoms with Gasteiger partial charge in [-0.3, -0.25) is 0 Å². The summed E-state index contributed by atoms with van der Waals surface area (Å²) in [6, 6.07) is 4.79. The minimum atomic E-state index is 0.335. The van der Waals surface area contributed by atoms with E-state index in [4.69, 9.17) is 9.47 Å². The summed E-state index contributed by atoms with van der Waals surface area (Å²) < 4.78 is 11.1. The van der Waals surface area contributed by atoms with Crippen molar-refractivity contribution >= 4 is 11.4 Å². The first-order valence-corrected chi connectivity index (χ1v) is 8.20. The molecular weight excluding hydrogens is 264 g/mol. The smallest absolute Gasteiger partial charge is 0.231 e. The minimum Gasteiger partial charge on any atom is -0.454 e. The highest BCUT2D eigenvalue weighted by atomic mass is 16.7. The van der Waals surface area contributed by atoms with Gasteiger partial charge in [-0.15, -0.1) is 0 Å². The van der Waals surface area contributed by atoms with Gasteiger partial charge in [0, 0.05) is 31.3 Å². The van der Waals surface area contributed by atoms with Crippen molar-refractivity contribution in [2.45, 2.75) is 46.1 Å². The van der Waals surface area contributed by atoms with Crippen molar-refractivity contribution in [3.63, 3.8) is 0 Å². The number of hydrogen-bond acceptors (Lipinski definition) is 4. The SMILES string of the molecule is CCC(CC)CN1c2cc3c(cc2NCC1CC)OCO3. The largest absolute Gasteiger partial charge is 0.454 e. The highest BCUT2D eigenvalue weighted by molar-refractivity contribution is 5.77. The Morgan fingerprint density at radius 3 is 2.57 bits per heavy atom. The summed E-state index contributed by atoms with van der Waals surface area (Å²) >= 11 is 0. The van der Waals surface area contributed by atoms with E-state index in [0.717, 1.165) is 36.9 Å². The van der Waals surface area contributed by atoms with E-state index >= 15 is 0 Å². The molecule has 0 fully saturated rings. The summed E-state index contributed by atoms with van der Waals surface area (Å²) in [5.74, 6) is 2.48. The Bertz CT molecular complexity index is 500. The second-order valence-corrected chi connectivity index (χ2v) is 6.00. The van der Waals surface area contributed by atoms with Crippen molar-refractivity contribution in [1.82, 2.24) is 0 Å². The third-order valence-electron chi connectivity index (χ3n) is 4.85. The lowest BCUT2D eigenvalue weighted by atomic mass is 9.98. The Kier molecular flexibility index (Phi) is 4.13. The molecule has 116 valence electrons. The fourth-order valence-electron chi connectivity index (χ4n) is 3.28. The second-order valence-electron chi connectivity index (χ2n) is 6.00. The van der Waals surface area contributed by atoms with Crippen LogP contribution in [0.25, 0.3) is 0 Å². The summed E-state index contributed by atoms with van der Waals surface area (Å²) in [6.07, 6.45) is 3.62. The second kappa shape index (κ2) is 6.04. The molecule has 1 N–H and O–H groups in total. The lowest BCUT2D eigenvalue weighted by Crippen LogP contribution is -2.45. The molecule has 1 atom stereocenters. The maximum atomic E-state index is 5.56. The highest BCUT2D eigenvalue weighted by Crippen LogP contribution is 2.43. The summed E-state index contributed by atoms with van der Waals surface area (Å²) in [5.41, 5.74) is 2.44. The van der Waals surface area contributed by atoms with Crippen LogP contribution in [-0.4, -0.2) is 25.9 Å². The molecule has 1 aromatic carbocycles. The van der Waals surface area contributed by atoms with Gasteiger partial charge in [0.25, 0.3) is 0 Å². The van der Waals surface area contributed by atoms with E-state index in [1.165, 1.54) is 24.2 Å². The molecular formula is C17H26N2O2. The molecule has 1 aromatic rings. The molecule has 2 aliphatic rings. The van der Waals surface area contributed by atoms with Crippen molar-refractivity contribution < 1.29 is 9.47 Å². The van der Waals surface area contributed by atoms with Crippen molar-refractivity contribution in [3.8, 4) is 11.5 Å². The van der Waals surface area contributed by atoms with E-state index in [0.29, 0.717) is 12.8 Å². The zero-order chi connectivity index (χ0) is 14.8. The van der Waals surface area contributed by atoms with Crippen LogP contribution in [0.1, 0.15) is 40.0 Å². The number of ether oxygens (including phenoxy) is 2. The number of anilines is 2. The van der Waals surface area contributed by atoms with Crippen LogP contribution in [0.3, 0.4) is 0 Å². The summed E-state index contributed by atoms with van der Waals surface area (Å²) in [7, 11) is 0. The van der Waals surface area contributed by atoms with Gasteiger partial charge in [-0.2, -0.15) is 0 Å². The molecule has 0 saturated carbocycles. The van der Waals surface area contributed by atoms with Crippen LogP contribution >= 0.6 is 0 Å². The van der Waals surface area contributed by atoms with Gasteiger partial charge in [0.2, 0.25) is 6.79 Å². The van der Waals surface area contributed by atoms with Crippen LogP contribution in [0.5, 0.6) is 11.5 Å². The fourth-order valence-corrected chi connectivity index (χ4v) is 3.28. The van der Waals surface area contributed by atoms with Gasteiger partial charge >= 0.3 is 0 Å². The molecule has 1 unspecified atom stereocenters. The van der Waals surface area contributed by atoms with Gasteiger partial charge in [-0.25, -0.2) is 0 Å². The van der Waals surface area contributed by atoms with Crippen molar-refractivity contribution in [2.24, 2.45) is 5.92 Å². The molecule has 0 radical (unpaired) electrons. The predicted molar refractivity (Wildman–Crippen MR) is 86.6 cm³/mol. The van der Waals surface area contributed by atoms with E-state index in [-0.39, 0.29) is 0 Å². The number of benzene rings is 1. The molecule has 2 aliphatic heterocycles. The van der Waals surface area contributed by atoms with Crippen LogP contribution in [-0.2, 0) is 0 Å². The van der Waals surface area contributed by atoms with Gasteiger partial charge in [-0.05, 0) is 12.3 Å². The molecule has 0 aromatic heterocycles. The number of rotatable bonds is 5. The molecule has 3 rings (SSSR count). The first-order chi connectivity index (χ1) is 10.3. The van der Waals surface area contributed by atoms with Gasteiger partial charge in [-0.1, -0.05) is 33.6 Å². The van der Waals surface area contributed by atoms with Crippen molar-refractivity contribution in [2.75, 3.05) is 30.1 Å². The third-order valence-corrected chi connectivity index (χ3v) is 4.85. The molecule has 0 bridgehead atoms. The van der Waals surface area contributed by atoms with Crippen LogP contribution in [0.15, 0.2) is 12.1 Å². The van der Waals surface area contributed by atoms with Crippen LogP contribution in [0, 0.1) is 5.92 Å². The van der Waals surface area contributed by atoms with Gasteiger partial charge in [0.05, 0.1) is 11.4 Å². The maximum absolute atomic E-state index is 5.56. The zero-order valence-electron chi connectivity index (χ0n) is 13.3. The monoisotopic (exact) mass is 290 g/mol. The molecule has 0 spiro atoms. The predicted octanol–water partition coefficient (Wildman–Crippen LogP) is 3.86. The summed E-state index contributed by atoms with van der Waals surface area (Å²) in [4.78, 5) is 2.57. The molecule has 0 amide bonds. The van der Waals surface area contributed by atoms with E-state index in [9.17, 15) is 0 Å². The number of nitrogens with one attached hydrogen (secondary N) is 1. The van der Waals surface area contributed by atoms with E-state index in [1.807, 2.05) is 0 Å². The van der Waals surface area contributed by atoms with Gasteiger partial charge in [0.15, 0.2) is 11.5 Å². The molecule has 0 saturated heterocycles. The average Bonchev–Trinajstić information content (AvgIpc) is 2.97. The lowest BCUT2D eigenvalue weighted by Gasteiger charge is -2.41. The van der Waals surface area contributed by atoms with Crippen LogP contribution < -0.4 is 19.7 Å². The Balaban J connectivity index is 1.93. The Hall–Kier alpha value is -1.58. The summed E-state index contributed by atoms with van der Waals surface area (Å²) in [5, 5.41) is 3.56. The Labute approximate surface area is 127 Å². The number of nitrogens with zero attached hydrogens (tertiary/aromatic N) is 1. The molecule has 21 heavy (non-hydrogen) atoms. The maximum Gasteiger partial charge on any atom is 0.231 e. The van der Waals surface area contributed by atoms with E-state index in [1.54, 1.807) is 0 Å². The first kappa shape index (κ1) is 14.4. The number of fused-ring (bicyclic) bond motifs is 2. The fraction of sp³-hybridized carbons (Fsp3) is 0.647. The molecule has 2 heterocycles. The third kappa shape index (κ3) is 2.63. The van der Waals surface area contributed by atoms with Crippen molar-refractivity contribution in [3.05, 3.63) is 12.1 Å². The van der Waals surface area contributed by atoms with Gasteiger partial charge in [0.1, 0.15) is 0 Å². The van der Waals surface area contributed by atoms with E-state index < -0.39 is 0 Å². The molecule has 4 nitrogen and oxygen atoms in total. The Morgan fingerprint density at radius 1 is 1.19 bits per heavy atom. The summed E-state index contributed by atoms with van der Waals surface area (Å²) in [6.45, 7) is 9.31. The lowest BCUT2D eigenvalue weighted by molar-refractivity contribution is 0.174. The quantitative estimate of drug-likeness (QED) is 0.892. The molecule has 0 aliphatic carbocycles. The topological polar surface area (TPSA) is 33.7 Å². The zero-order valence-corrected chi connectivity index (χ0v) is 13.3. The van der Waals surface area contributed by atoms with E-state index in [2.05, 4.69) is 43.1 Å². The van der Waals surface area contributed by atoms with Crippen LogP contribution in [0.4, 0.5) is 11.4 Å². The number of hydrogen-bond donors (Lipinski definition) is 1. The van der Waals surface area contributed by atoms with Gasteiger partial charge < -0.3 is 19.7 Å². The highest BCUT2D eigenvalue weighted by Gasteiger charge is 2.29. The minimum absolute atomic E-state index is 0.335. The normalized spacial score (nSPS) is 19.6. The first-order valence-electron chi connectivity index (χ1n) is 8.20. The van der Waals surface area contributed by atoms with Crippen molar-refractivity contribution in [1.29, 1.82) is 0 Å². The Morgan fingerprint density at radius 2 is 1.90 bits per heavy atom.